The molecule has 0 radical (unpaired) electrons. The average molecular weight is 237 g/mol. The number of nitrogens with zero attached hydrogens (tertiary/aromatic N) is 2. The summed E-state index contributed by atoms with van der Waals surface area (Å²) in [6, 6.07) is 2.85. The quantitative estimate of drug-likeness (QED) is 0.886. The Balaban J connectivity index is 2.20. The Morgan fingerprint density at radius 2 is 1.94 bits per heavy atom. The molecule has 1 unspecified atom stereocenters. The van der Waals surface area contributed by atoms with Gasteiger partial charge < -0.3 is 10.3 Å². The van der Waals surface area contributed by atoms with Gasteiger partial charge in [-0.3, -0.25) is 0 Å². The van der Waals surface area contributed by atoms with Crippen molar-refractivity contribution in [2.45, 2.75) is 12.5 Å². The monoisotopic (exact) mass is 237 g/mol. The minimum Gasteiger partial charge on any atom is -0.338 e. The predicted octanol–water partition coefficient (Wildman–Crippen LogP) is 1.94. The zero-order valence-electron chi connectivity index (χ0n) is 9.40. The maximum Gasteiger partial charge on any atom is 0.126 e. The molecule has 0 amide bonds. The third-order valence-electron chi connectivity index (χ3n) is 2.64. The topological polar surface area (TPSA) is 43.8 Å². The first-order valence-corrected chi connectivity index (χ1v) is 5.24. The maximum absolute atomic E-state index is 13.0. The first-order valence-electron chi connectivity index (χ1n) is 5.24. The van der Waals surface area contributed by atoms with Gasteiger partial charge in [0.25, 0.3) is 0 Å². The molecule has 1 aromatic carbocycles. The summed E-state index contributed by atoms with van der Waals surface area (Å²) in [5.41, 5.74) is 6.34. The van der Waals surface area contributed by atoms with Gasteiger partial charge in [0.1, 0.15) is 17.5 Å². The summed E-state index contributed by atoms with van der Waals surface area (Å²) in [5.74, 6) is -0.451. The van der Waals surface area contributed by atoms with Crippen LogP contribution in [0.1, 0.15) is 17.4 Å². The number of imidazole rings is 1. The van der Waals surface area contributed by atoms with E-state index in [1.165, 1.54) is 12.1 Å². The number of benzene rings is 1. The minimum absolute atomic E-state index is 0.436. The second-order valence-electron chi connectivity index (χ2n) is 3.97. The molecule has 0 aliphatic rings. The molecule has 0 aliphatic carbocycles. The van der Waals surface area contributed by atoms with E-state index in [2.05, 4.69) is 4.98 Å². The van der Waals surface area contributed by atoms with Gasteiger partial charge in [0, 0.05) is 38.0 Å². The van der Waals surface area contributed by atoms with Crippen LogP contribution in [0.2, 0.25) is 0 Å². The molecule has 0 saturated carbocycles. The Morgan fingerprint density at radius 1 is 1.29 bits per heavy atom. The Labute approximate surface area is 97.9 Å². The van der Waals surface area contributed by atoms with Crippen LogP contribution in [0.4, 0.5) is 8.78 Å². The summed E-state index contributed by atoms with van der Waals surface area (Å²) in [6.45, 7) is 0. The van der Waals surface area contributed by atoms with Gasteiger partial charge in [-0.2, -0.15) is 0 Å². The third kappa shape index (κ3) is 2.68. The van der Waals surface area contributed by atoms with Gasteiger partial charge in [-0.25, -0.2) is 13.8 Å². The van der Waals surface area contributed by atoms with Crippen molar-refractivity contribution in [1.29, 1.82) is 0 Å². The molecule has 0 aliphatic heterocycles. The fourth-order valence-electron chi connectivity index (χ4n) is 1.70. The van der Waals surface area contributed by atoms with Crippen LogP contribution in [0.5, 0.6) is 0 Å². The second-order valence-corrected chi connectivity index (χ2v) is 3.97. The molecule has 1 atom stereocenters. The first kappa shape index (κ1) is 11.7. The molecule has 1 aromatic heterocycles. The van der Waals surface area contributed by atoms with Crippen LogP contribution < -0.4 is 5.73 Å². The largest absolute Gasteiger partial charge is 0.338 e. The molecule has 2 rings (SSSR count). The summed E-state index contributed by atoms with van der Waals surface area (Å²) < 4.78 is 27.9. The Hall–Kier alpha value is -1.75. The molecule has 5 heteroatoms. The zero-order chi connectivity index (χ0) is 12.4. The highest BCUT2D eigenvalue weighted by atomic mass is 19.1. The van der Waals surface area contributed by atoms with Gasteiger partial charge in [-0.15, -0.1) is 0 Å². The lowest BCUT2D eigenvalue weighted by atomic mass is 10.0. The lowest BCUT2D eigenvalue weighted by Gasteiger charge is -2.12. The fraction of sp³-hybridized carbons (Fsp3) is 0.250. The maximum atomic E-state index is 13.0. The smallest absolute Gasteiger partial charge is 0.126 e. The third-order valence-corrected chi connectivity index (χ3v) is 2.64. The van der Waals surface area contributed by atoms with Crippen molar-refractivity contribution in [2.75, 3.05) is 0 Å². The van der Waals surface area contributed by atoms with E-state index in [1.54, 1.807) is 12.4 Å². The van der Waals surface area contributed by atoms with Gasteiger partial charge in [-0.1, -0.05) is 0 Å². The van der Waals surface area contributed by atoms with E-state index in [-0.39, 0.29) is 0 Å². The van der Waals surface area contributed by atoms with Gasteiger partial charge >= 0.3 is 0 Å². The van der Waals surface area contributed by atoms with Crippen LogP contribution in [0.25, 0.3) is 0 Å². The number of hydrogen-bond acceptors (Lipinski definition) is 2. The van der Waals surface area contributed by atoms with Crippen molar-refractivity contribution < 1.29 is 8.78 Å². The molecule has 90 valence electrons. The molecule has 0 fully saturated rings. The minimum atomic E-state index is -0.615. The number of halogens is 2. The van der Waals surface area contributed by atoms with E-state index >= 15 is 0 Å². The normalized spacial score (nSPS) is 12.7. The summed E-state index contributed by atoms with van der Waals surface area (Å²) in [5, 5.41) is 0. The van der Waals surface area contributed by atoms with Crippen molar-refractivity contribution in [1.82, 2.24) is 9.55 Å². The molecule has 0 bridgehead atoms. The van der Waals surface area contributed by atoms with E-state index in [1.807, 2.05) is 11.6 Å². The molecule has 1 heterocycles. The van der Waals surface area contributed by atoms with Crippen LogP contribution >= 0.6 is 0 Å². The summed E-state index contributed by atoms with van der Waals surface area (Å²) in [7, 11) is 1.85. The van der Waals surface area contributed by atoms with Crippen LogP contribution in [0.3, 0.4) is 0 Å². The van der Waals surface area contributed by atoms with Crippen molar-refractivity contribution in [3.8, 4) is 0 Å². The second kappa shape index (κ2) is 4.63. The van der Waals surface area contributed by atoms with E-state index < -0.39 is 17.7 Å². The van der Waals surface area contributed by atoms with E-state index in [4.69, 9.17) is 5.73 Å². The first-order chi connectivity index (χ1) is 8.06. The van der Waals surface area contributed by atoms with Crippen molar-refractivity contribution in [3.63, 3.8) is 0 Å². The van der Waals surface area contributed by atoms with Crippen LogP contribution in [-0.4, -0.2) is 9.55 Å². The molecule has 0 saturated heterocycles. The molecule has 0 spiro atoms. The number of aryl methyl sites for hydroxylation is 1. The number of rotatable bonds is 3. The molecule has 2 N–H and O–H groups in total. The van der Waals surface area contributed by atoms with E-state index in [0.717, 1.165) is 11.9 Å². The lowest BCUT2D eigenvalue weighted by molar-refractivity contribution is 0.569. The highest BCUT2D eigenvalue weighted by molar-refractivity contribution is 5.22. The van der Waals surface area contributed by atoms with Crippen molar-refractivity contribution >= 4 is 0 Å². The predicted molar refractivity (Wildman–Crippen MR) is 60.2 cm³/mol. The standard InChI is InChI=1S/C12H13F2N3/c1-17-3-2-16-12(17)7-11(15)8-4-9(13)6-10(14)5-8/h2-6,11H,7,15H2,1H3. The number of hydrogen-bond donors (Lipinski definition) is 1. The SMILES string of the molecule is Cn1ccnc1CC(N)c1cc(F)cc(F)c1. The van der Waals surface area contributed by atoms with Gasteiger partial charge in [0.05, 0.1) is 0 Å². The van der Waals surface area contributed by atoms with Crippen molar-refractivity contribution in [2.24, 2.45) is 12.8 Å². The zero-order valence-corrected chi connectivity index (χ0v) is 9.40. The molecule has 3 nitrogen and oxygen atoms in total. The Kier molecular flexibility index (Phi) is 3.19. The van der Waals surface area contributed by atoms with Gasteiger partial charge in [0.15, 0.2) is 0 Å². The van der Waals surface area contributed by atoms with E-state index in [0.29, 0.717) is 12.0 Å². The van der Waals surface area contributed by atoms with Crippen LogP contribution in [-0.2, 0) is 13.5 Å². The molecule has 2 aromatic rings. The van der Waals surface area contributed by atoms with Crippen molar-refractivity contribution in [3.05, 3.63) is 53.6 Å². The summed E-state index contributed by atoms with van der Waals surface area (Å²) in [6.07, 6.45) is 3.90. The fourth-order valence-corrected chi connectivity index (χ4v) is 1.70. The number of aromatic nitrogens is 2. The van der Waals surface area contributed by atoms with Gasteiger partial charge in [0.2, 0.25) is 0 Å². The van der Waals surface area contributed by atoms with E-state index in [9.17, 15) is 8.78 Å². The van der Waals surface area contributed by atoms with Crippen LogP contribution in [0.15, 0.2) is 30.6 Å². The summed E-state index contributed by atoms with van der Waals surface area (Å²) >= 11 is 0. The number of nitrogens with two attached hydrogens (primary N) is 1. The lowest BCUT2D eigenvalue weighted by Crippen LogP contribution is -2.16. The highest BCUT2D eigenvalue weighted by Gasteiger charge is 2.12. The Morgan fingerprint density at radius 3 is 2.47 bits per heavy atom. The summed E-state index contributed by atoms with van der Waals surface area (Å²) in [4.78, 5) is 4.12. The average Bonchev–Trinajstić information content (AvgIpc) is 2.63. The molecular formula is C12H13F2N3. The Bertz CT molecular complexity index is 502. The highest BCUT2D eigenvalue weighted by Crippen LogP contribution is 2.17. The molecular weight excluding hydrogens is 224 g/mol. The van der Waals surface area contributed by atoms with Gasteiger partial charge in [-0.05, 0) is 17.7 Å². The van der Waals surface area contributed by atoms with Crippen LogP contribution in [0, 0.1) is 11.6 Å². The molecule has 17 heavy (non-hydrogen) atoms.